The van der Waals surface area contributed by atoms with Crippen LogP contribution in [-0.4, -0.2) is 69.0 Å². The van der Waals surface area contributed by atoms with E-state index in [1.807, 2.05) is 30.3 Å². The Labute approximate surface area is 211 Å². The van der Waals surface area contributed by atoms with Crippen LogP contribution in [0.3, 0.4) is 0 Å². The summed E-state index contributed by atoms with van der Waals surface area (Å²) in [4.78, 5) is 19.2. The lowest BCUT2D eigenvalue weighted by atomic mass is 10.1. The van der Waals surface area contributed by atoms with Gasteiger partial charge in [-0.05, 0) is 49.2 Å². The molecule has 0 N–H and O–H groups in total. The number of hydrogen-bond acceptors (Lipinski definition) is 7. The summed E-state index contributed by atoms with van der Waals surface area (Å²) in [6, 6.07) is 13.0. The normalized spacial score (nSPS) is 13.6. The van der Waals surface area contributed by atoms with Gasteiger partial charge >= 0.3 is 0 Å². The van der Waals surface area contributed by atoms with Crippen molar-refractivity contribution in [3.63, 3.8) is 0 Å². The maximum atomic E-state index is 13.1. The molecule has 3 aromatic rings. The number of rotatable bonds is 9. The lowest BCUT2D eigenvalue weighted by molar-refractivity contribution is -0.137. The van der Waals surface area contributed by atoms with Gasteiger partial charge in [-0.15, -0.1) is 0 Å². The van der Waals surface area contributed by atoms with Crippen LogP contribution < -0.4 is 4.74 Å². The smallest absolute Gasteiger partial charge is 0.248 e. The average Bonchev–Trinajstić information content (AvgIpc) is 3.29. The van der Waals surface area contributed by atoms with Crippen LogP contribution in [0.5, 0.6) is 5.75 Å². The zero-order chi connectivity index (χ0) is 25.9. The van der Waals surface area contributed by atoms with Gasteiger partial charge in [-0.3, -0.25) is 4.79 Å². The molecule has 2 aromatic carbocycles. The second kappa shape index (κ2) is 10.8. The molecule has 9 nitrogen and oxygen atoms in total. The number of carbonyl (C=O) groups excluding carboxylic acids is 1. The highest BCUT2D eigenvalue weighted by Gasteiger charge is 2.27. The van der Waals surface area contributed by atoms with Crippen molar-refractivity contribution in [2.75, 3.05) is 40.5 Å². The fourth-order valence-electron chi connectivity index (χ4n) is 4.27. The van der Waals surface area contributed by atoms with Gasteiger partial charge in [0.2, 0.25) is 21.8 Å². The molecule has 0 atom stereocenters. The van der Waals surface area contributed by atoms with E-state index in [0.717, 1.165) is 11.3 Å². The first-order valence-corrected chi connectivity index (χ1v) is 13.2. The minimum absolute atomic E-state index is 0.0925. The Kier molecular flexibility index (Phi) is 7.77. The summed E-state index contributed by atoms with van der Waals surface area (Å²) in [5.74, 6) is 1.67. The highest BCUT2D eigenvalue weighted by atomic mass is 32.2. The van der Waals surface area contributed by atoms with E-state index in [1.54, 1.807) is 38.0 Å². The fourth-order valence-corrected chi connectivity index (χ4v) is 5.83. The topological polar surface area (TPSA) is 102 Å². The third-order valence-corrected chi connectivity index (χ3v) is 8.38. The van der Waals surface area contributed by atoms with E-state index in [1.165, 1.54) is 11.4 Å². The van der Waals surface area contributed by atoms with Crippen LogP contribution >= 0.6 is 0 Å². The van der Waals surface area contributed by atoms with E-state index in [9.17, 15) is 13.2 Å². The molecule has 0 saturated carbocycles. The largest absolute Gasteiger partial charge is 0.497 e. The number of fused-ring (bicyclic) bond motifs is 1. The summed E-state index contributed by atoms with van der Waals surface area (Å²) in [5.41, 5.74) is 2.99. The molecule has 0 aliphatic carbocycles. The predicted molar refractivity (Wildman–Crippen MR) is 134 cm³/mol. The van der Waals surface area contributed by atoms with Gasteiger partial charge in [0.05, 0.1) is 30.9 Å². The highest BCUT2D eigenvalue weighted by Crippen LogP contribution is 2.28. The van der Waals surface area contributed by atoms with Crippen LogP contribution in [0.4, 0.5) is 0 Å². The zero-order valence-electron chi connectivity index (χ0n) is 21.0. The molecule has 1 aliphatic heterocycles. The predicted octanol–water partition coefficient (Wildman–Crippen LogP) is 3.19. The van der Waals surface area contributed by atoms with E-state index in [-0.39, 0.29) is 30.6 Å². The van der Waals surface area contributed by atoms with Gasteiger partial charge < -0.3 is 18.8 Å². The van der Waals surface area contributed by atoms with Gasteiger partial charge in [-0.2, -0.15) is 4.31 Å². The molecule has 1 aliphatic rings. The average molecular weight is 514 g/mol. The summed E-state index contributed by atoms with van der Waals surface area (Å²) in [6.45, 7) is 4.42. The number of amides is 1. The molecule has 0 unspecified atom stereocenters. The first kappa shape index (κ1) is 25.9. The summed E-state index contributed by atoms with van der Waals surface area (Å²) >= 11 is 0. The molecule has 0 spiro atoms. The van der Waals surface area contributed by atoms with Crippen LogP contribution in [0.25, 0.3) is 11.5 Å². The van der Waals surface area contributed by atoms with Crippen LogP contribution in [-0.2, 0) is 32.5 Å². The standard InChI is InChI=1S/C26H31N3O6S/c1-18-14-21(33-4)15-19(2)25(18)36(31,32)28(3)12-13-34-17-24(30)29-11-10-22-23(16-29)35-26(27-22)20-8-6-5-7-9-20/h5-9,14-15H,10-13,16-17H2,1-4H3. The molecule has 0 bridgehead atoms. The molecule has 0 saturated heterocycles. The van der Waals surface area contributed by atoms with Gasteiger partial charge in [-0.25, -0.2) is 13.4 Å². The van der Waals surface area contributed by atoms with Crippen molar-refractivity contribution in [1.29, 1.82) is 0 Å². The molecular formula is C26H31N3O6S. The lowest BCUT2D eigenvalue weighted by Gasteiger charge is -2.25. The summed E-state index contributed by atoms with van der Waals surface area (Å²) in [5, 5.41) is 0. The maximum Gasteiger partial charge on any atom is 0.248 e. The van der Waals surface area contributed by atoms with Crippen LogP contribution in [0.2, 0.25) is 0 Å². The lowest BCUT2D eigenvalue weighted by Crippen LogP contribution is -2.38. The van der Waals surface area contributed by atoms with Crippen molar-refractivity contribution >= 4 is 15.9 Å². The number of benzene rings is 2. The first-order chi connectivity index (χ1) is 17.2. The van der Waals surface area contributed by atoms with E-state index in [4.69, 9.17) is 13.9 Å². The Bertz CT molecular complexity index is 1310. The first-order valence-electron chi connectivity index (χ1n) is 11.7. The van der Waals surface area contributed by atoms with Crippen LogP contribution in [0, 0.1) is 13.8 Å². The minimum Gasteiger partial charge on any atom is -0.497 e. The van der Waals surface area contributed by atoms with Crippen molar-refractivity contribution in [2.45, 2.75) is 31.7 Å². The Morgan fingerprint density at radius 1 is 1.17 bits per heavy atom. The van der Waals surface area contributed by atoms with Gasteiger partial charge in [0, 0.05) is 32.1 Å². The van der Waals surface area contributed by atoms with Gasteiger partial charge in [0.15, 0.2) is 0 Å². The van der Waals surface area contributed by atoms with E-state index in [2.05, 4.69) is 4.98 Å². The zero-order valence-corrected chi connectivity index (χ0v) is 21.8. The number of methoxy groups -OCH3 is 1. The molecule has 0 fully saturated rings. The van der Waals surface area contributed by atoms with Crippen molar-refractivity contribution < 1.29 is 27.1 Å². The van der Waals surface area contributed by atoms with Crippen molar-refractivity contribution in [3.8, 4) is 17.2 Å². The molecule has 0 radical (unpaired) electrons. The summed E-state index contributed by atoms with van der Waals surface area (Å²) < 4.78 is 44.1. The third kappa shape index (κ3) is 5.45. The second-order valence-corrected chi connectivity index (χ2v) is 10.8. The fraction of sp³-hybridized carbons (Fsp3) is 0.385. The van der Waals surface area contributed by atoms with Gasteiger partial charge in [0.25, 0.3) is 0 Å². The minimum atomic E-state index is -3.72. The number of aryl methyl sites for hydroxylation is 2. The SMILES string of the molecule is COc1cc(C)c(S(=O)(=O)N(C)CCOCC(=O)N2CCc3nc(-c4ccccc4)oc3C2)c(C)c1. The van der Waals surface area contributed by atoms with Crippen molar-refractivity contribution in [3.05, 3.63) is 65.0 Å². The molecule has 2 heterocycles. The number of sulfonamides is 1. The number of nitrogens with zero attached hydrogens (tertiary/aromatic N) is 3. The van der Waals surface area contributed by atoms with Crippen LogP contribution in [0.1, 0.15) is 22.6 Å². The molecule has 10 heteroatoms. The van der Waals surface area contributed by atoms with E-state index < -0.39 is 10.0 Å². The summed E-state index contributed by atoms with van der Waals surface area (Å²) in [7, 11) is -0.668. The Morgan fingerprint density at radius 3 is 2.53 bits per heavy atom. The number of likely N-dealkylation sites (N-methyl/N-ethyl adjacent to an activating group) is 1. The third-order valence-electron chi connectivity index (χ3n) is 6.22. The van der Waals surface area contributed by atoms with Crippen molar-refractivity contribution in [2.24, 2.45) is 0 Å². The van der Waals surface area contributed by atoms with E-state index >= 15 is 0 Å². The number of hydrogen-bond donors (Lipinski definition) is 0. The number of ether oxygens (including phenoxy) is 2. The number of aromatic nitrogens is 1. The summed E-state index contributed by atoms with van der Waals surface area (Å²) in [6.07, 6.45) is 0.610. The molecule has 1 aromatic heterocycles. The number of carbonyl (C=O) groups is 1. The molecule has 4 rings (SSSR count). The van der Waals surface area contributed by atoms with Gasteiger partial charge in [0.1, 0.15) is 18.1 Å². The Balaban J connectivity index is 1.29. The van der Waals surface area contributed by atoms with Crippen molar-refractivity contribution in [1.82, 2.24) is 14.2 Å². The van der Waals surface area contributed by atoms with E-state index in [0.29, 0.717) is 48.0 Å². The molecule has 36 heavy (non-hydrogen) atoms. The monoisotopic (exact) mass is 513 g/mol. The Morgan fingerprint density at radius 2 is 1.86 bits per heavy atom. The molecule has 192 valence electrons. The maximum absolute atomic E-state index is 13.1. The number of oxazole rings is 1. The van der Waals surface area contributed by atoms with Crippen LogP contribution in [0.15, 0.2) is 51.8 Å². The Hall–Kier alpha value is -3.21. The molecule has 1 amide bonds. The van der Waals surface area contributed by atoms with Gasteiger partial charge in [-0.1, -0.05) is 18.2 Å². The second-order valence-electron chi connectivity index (χ2n) is 8.79. The molecular weight excluding hydrogens is 482 g/mol. The highest BCUT2D eigenvalue weighted by molar-refractivity contribution is 7.89. The quantitative estimate of drug-likeness (QED) is 0.405.